The van der Waals surface area contributed by atoms with E-state index in [0.717, 1.165) is 23.4 Å². The van der Waals surface area contributed by atoms with Gasteiger partial charge in [0.15, 0.2) is 0 Å². The molecule has 0 fully saturated rings. The molecule has 2 heterocycles. The van der Waals surface area contributed by atoms with Crippen LogP contribution in [0.25, 0.3) is 0 Å². The molecule has 0 amide bonds. The number of carboxylic acids is 1. The number of ether oxygens (including phenoxy) is 1. The molecule has 0 radical (unpaired) electrons. The molecule has 1 aromatic heterocycles. The minimum absolute atomic E-state index is 0.188. The molecule has 20 heavy (non-hydrogen) atoms. The zero-order chi connectivity index (χ0) is 14.7. The Hall–Kier alpha value is -1.40. The highest BCUT2D eigenvalue weighted by atomic mass is 32.1. The Balaban J connectivity index is 2.13. The van der Waals surface area contributed by atoms with Crippen LogP contribution < -0.4 is 0 Å². The van der Waals surface area contributed by atoms with Crippen molar-refractivity contribution >= 4 is 23.3 Å². The number of esters is 1. The molecule has 1 N–H and O–H groups in total. The second-order valence-corrected chi connectivity index (χ2v) is 5.90. The van der Waals surface area contributed by atoms with Crippen molar-refractivity contribution in [1.82, 2.24) is 4.90 Å². The monoisotopic (exact) mass is 297 g/mol. The predicted molar refractivity (Wildman–Crippen MR) is 76.1 cm³/mol. The lowest BCUT2D eigenvalue weighted by atomic mass is 10.1. The van der Waals surface area contributed by atoms with E-state index in [2.05, 4.69) is 4.90 Å². The van der Waals surface area contributed by atoms with Crippen molar-refractivity contribution in [2.75, 3.05) is 13.2 Å². The lowest BCUT2D eigenvalue weighted by Crippen LogP contribution is -2.44. The van der Waals surface area contributed by atoms with Crippen molar-refractivity contribution in [3.05, 3.63) is 21.4 Å². The molecule has 1 aromatic rings. The molecule has 2 rings (SSSR count). The summed E-state index contributed by atoms with van der Waals surface area (Å²) in [6.07, 6.45) is 1.49. The summed E-state index contributed by atoms with van der Waals surface area (Å²) in [6, 6.07) is 1.49. The van der Waals surface area contributed by atoms with Crippen LogP contribution in [0.5, 0.6) is 0 Å². The highest BCUT2D eigenvalue weighted by Crippen LogP contribution is 2.29. The van der Waals surface area contributed by atoms with Crippen molar-refractivity contribution in [2.24, 2.45) is 0 Å². The maximum atomic E-state index is 11.9. The molecule has 0 aliphatic carbocycles. The van der Waals surface area contributed by atoms with Crippen LogP contribution in [0.3, 0.4) is 0 Å². The Kier molecular flexibility index (Phi) is 4.77. The first-order chi connectivity index (χ1) is 9.56. The molecule has 0 saturated carbocycles. The molecule has 1 aliphatic heterocycles. The van der Waals surface area contributed by atoms with Crippen molar-refractivity contribution in [1.29, 1.82) is 0 Å². The summed E-state index contributed by atoms with van der Waals surface area (Å²) in [7, 11) is 0. The summed E-state index contributed by atoms with van der Waals surface area (Å²) >= 11 is 1.34. The Morgan fingerprint density at radius 1 is 1.50 bits per heavy atom. The van der Waals surface area contributed by atoms with Gasteiger partial charge in [0.1, 0.15) is 10.9 Å². The van der Waals surface area contributed by atoms with Crippen LogP contribution in [0.15, 0.2) is 6.07 Å². The van der Waals surface area contributed by atoms with Crippen LogP contribution in [0.4, 0.5) is 0 Å². The van der Waals surface area contributed by atoms with E-state index < -0.39 is 5.97 Å². The van der Waals surface area contributed by atoms with Crippen LogP contribution in [0.2, 0.25) is 0 Å². The average Bonchev–Trinajstić information content (AvgIpc) is 2.83. The molecule has 0 saturated heterocycles. The van der Waals surface area contributed by atoms with E-state index in [-0.39, 0.29) is 12.0 Å². The van der Waals surface area contributed by atoms with E-state index in [1.165, 1.54) is 11.3 Å². The van der Waals surface area contributed by atoms with Gasteiger partial charge in [0.2, 0.25) is 0 Å². The largest absolute Gasteiger partial charge is 0.477 e. The van der Waals surface area contributed by atoms with Gasteiger partial charge >= 0.3 is 11.9 Å². The summed E-state index contributed by atoms with van der Waals surface area (Å²) in [5.41, 5.74) is 1.03. The summed E-state index contributed by atoms with van der Waals surface area (Å²) in [5.74, 6) is -1.07. The lowest BCUT2D eigenvalue weighted by Gasteiger charge is -2.32. The number of carbonyl (C=O) groups excluding carboxylic acids is 1. The number of fused-ring (bicyclic) bond motifs is 1. The smallest absolute Gasteiger partial charge is 0.345 e. The molecule has 6 heteroatoms. The van der Waals surface area contributed by atoms with Gasteiger partial charge in [0, 0.05) is 18.0 Å². The van der Waals surface area contributed by atoms with E-state index in [4.69, 9.17) is 9.84 Å². The first-order valence-electron chi connectivity index (χ1n) is 6.82. The number of aromatic carboxylic acids is 1. The number of thiophene rings is 1. The fourth-order valence-electron chi connectivity index (χ4n) is 2.54. The molecule has 0 aromatic carbocycles. The molecule has 110 valence electrons. The molecule has 5 nitrogen and oxygen atoms in total. The minimum Gasteiger partial charge on any atom is -0.477 e. The first-order valence-corrected chi connectivity index (χ1v) is 7.64. The van der Waals surface area contributed by atoms with Gasteiger partial charge in [-0.1, -0.05) is 6.92 Å². The zero-order valence-electron chi connectivity index (χ0n) is 11.7. The highest BCUT2D eigenvalue weighted by molar-refractivity contribution is 7.14. The van der Waals surface area contributed by atoms with E-state index in [9.17, 15) is 9.59 Å². The van der Waals surface area contributed by atoms with Gasteiger partial charge in [0.25, 0.3) is 0 Å². The number of carboxylic acid groups (broad SMARTS) is 1. The lowest BCUT2D eigenvalue weighted by molar-refractivity contribution is -0.150. The van der Waals surface area contributed by atoms with Crippen molar-refractivity contribution in [3.8, 4) is 0 Å². The maximum Gasteiger partial charge on any atom is 0.345 e. The van der Waals surface area contributed by atoms with Crippen LogP contribution in [0, 0.1) is 0 Å². The number of hydrogen-bond acceptors (Lipinski definition) is 5. The third-order valence-electron chi connectivity index (χ3n) is 3.49. The number of hydrogen-bond donors (Lipinski definition) is 1. The second-order valence-electron chi connectivity index (χ2n) is 4.76. The normalized spacial score (nSPS) is 16.5. The molecular formula is C14H19NO4S. The summed E-state index contributed by atoms with van der Waals surface area (Å²) < 4.78 is 5.11. The second kappa shape index (κ2) is 6.37. The third-order valence-corrected chi connectivity index (χ3v) is 4.72. The SMILES string of the molecule is CCOC(=O)C(CC)N1CCc2sc(C(=O)O)cc2C1. The number of rotatable bonds is 5. The first kappa shape index (κ1) is 15.0. The summed E-state index contributed by atoms with van der Waals surface area (Å²) in [6.45, 7) is 5.54. The van der Waals surface area contributed by atoms with E-state index >= 15 is 0 Å². The van der Waals surface area contributed by atoms with Crippen molar-refractivity contribution < 1.29 is 19.4 Å². The standard InChI is InChI=1S/C14H19NO4S/c1-3-10(14(18)19-4-2)15-6-5-11-9(8-15)7-12(20-11)13(16)17/h7,10H,3-6,8H2,1-2H3,(H,16,17). The fraction of sp³-hybridized carbons (Fsp3) is 0.571. The topological polar surface area (TPSA) is 66.8 Å². The summed E-state index contributed by atoms with van der Waals surface area (Å²) in [5, 5.41) is 9.04. The van der Waals surface area contributed by atoms with Gasteiger partial charge in [-0.3, -0.25) is 9.69 Å². The number of nitrogens with zero attached hydrogens (tertiary/aromatic N) is 1. The molecule has 1 atom stereocenters. The number of carbonyl (C=O) groups is 2. The van der Waals surface area contributed by atoms with Gasteiger partial charge in [-0.2, -0.15) is 0 Å². The minimum atomic E-state index is -0.881. The van der Waals surface area contributed by atoms with Gasteiger partial charge in [-0.25, -0.2) is 4.79 Å². The van der Waals surface area contributed by atoms with Gasteiger partial charge in [-0.15, -0.1) is 11.3 Å². The van der Waals surface area contributed by atoms with Gasteiger partial charge in [-0.05, 0) is 31.4 Å². The molecule has 1 unspecified atom stereocenters. The van der Waals surface area contributed by atoms with Crippen molar-refractivity contribution in [3.63, 3.8) is 0 Å². The average molecular weight is 297 g/mol. The van der Waals surface area contributed by atoms with E-state index in [1.54, 1.807) is 13.0 Å². The predicted octanol–water partition coefficient (Wildman–Crippen LogP) is 2.15. The van der Waals surface area contributed by atoms with Gasteiger partial charge < -0.3 is 9.84 Å². The Morgan fingerprint density at radius 3 is 2.85 bits per heavy atom. The summed E-state index contributed by atoms with van der Waals surface area (Å²) in [4.78, 5) is 26.5. The Bertz CT molecular complexity index is 511. The fourth-order valence-corrected chi connectivity index (χ4v) is 3.54. The van der Waals surface area contributed by atoms with Crippen LogP contribution >= 0.6 is 11.3 Å². The molecule has 0 bridgehead atoms. The third kappa shape index (κ3) is 3.02. The van der Waals surface area contributed by atoms with E-state index in [1.807, 2.05) is 6.92 Å². The zero-order valence-corrected chi connectivity index (χ0v) is 12.5. The Labute approximate surface area is 122 Å². The van der Waals surface area contributed by atoms with Gasteiger partial charge in [0.05, 0.1) is 6.61 Å². The highest BCUT2D eigenvalue weighted by Gasteiger charge is 2.30. The van der Waals surface area contributed by atoms with E-state index in [0.29, 0.717) is 24.4 Å². The van der Waals surface area contributed by atoms with Crippen LogP contribution in [0.1, 0.15) is 40.4 Å². The van der Waals surface area contributed by atoms with Crippen molar-refractivity contribution in [2.45, 2.75) is 39.3 Å². The molecule has 1 aliphatic rings. The quantitative estimate of drug-likeness (QED) is 0.843. The maximum absolute atomic E-state index is 11.9. The molecular weight excluding hydrogens is 278 g/mol. The van der Waals surface area contributed by atoms with Crippen LogP contribution in [-0.2, 0) is 22.5 Å². The Morgan fingerprint density at radius 2 is 2.25 bits per heavy atom. The van der Waals surface area contributed by atoms with Crippen LogP contribution in [-0.4, -0.2) is 41.1 Å². The molecule has 0 spiro atoms.